The van der Waals surface area contributed by atoms with E-state index in [1.54, 1.807) is 6.20 Å². The maximum Gasteiger partial charge on any atom is 0.220 e. The van der Waals surface area contributed by atoms with Crippen molar-refractivity contribution in [2.45, 2.75) is 57.1 Å². The summed E-state index contributed by atoms with van der Waals surface area (Å²) in [7, 11) is 2.13. The third-order valence-electron chi connectivity index (χ3n) is 5.44. The van der Waals surface area contributed by atoms with E-state index in [1.807, 2.05) is 10.9 Å². The Morgan fingerprint density at radius 1 is 1.14 bits per heavy atom. The Bertz CT molecular complexity index is 799. The van der Waals surface area contributed by atoms with Crippen LogP contribution in [-0.4, -0.2) is 56.0 Å². The van der Waals surface area contributed by atoms with Crippen molar-refractivity contribution in [1.29, 1.82) is 5.26 Å². The Kier molecular flexibility index (Phi) is 6.95. The van der Waals surface area contributed by atoms with Crippen molar-refractivity contribution >= 4 is 5.95 Å². The number of aliphatic hydroxyl groups is 1. The first kappa shape index (κ1) is 20.2. The maximum atomic E-state index is 9.15. The van der Waals surface area contributed by atoms with Crippen molar-refractivity contribution in [3.05, 3.63) is 24.2 Å². The molecule has 0 aromatic carbocycles. The lowest BCUT2D eigenvalue weighted by atomic mass is 9.98. The molecule has 1 saturated heterocycles. The lowest BCUT2D eigenvalue weighted by Gasteiger charge is -2.28. The molecule has 1 aliphatic heterocycles. The van der Waals surface area contributed by atoms with Crippen molar-refractivity contribution in [2.24, 2.45) is 0 Å². The summed E-state index contributed by atoms with van der Waals surface area (Å²) in [4.78, 5) is 10.3. The summed E-state index contributed by atoms with van der Waals surface area (Å²) in [5, 5.41) is 22.5. The SMILES string of the molecule is CN1CCC(n2cc(-c3nc(N)ncc3C#N)cn2)CC1.OC1CCCCC1. The summed E-state index contributed by atoms with van der Waals surface area (Å²) in [6.45, 7) is 2.15. The quantitative estimate of drug-likeness (QED) is 0.817. The maximum absolute atomic E-state index is 9.15. The number of hydrogen-bond donors (Lipinski definition) is 2. The van der Waals surface area contributed by atoms with E-state index >= 15 is 0 Å². The van der Waals surface area contributed by atoms with Gasteiger partial charge in [-0.2, -0.15) is 10.4 Å². The molecule has 0 unspecified atom stereocenters. The van der Waals surface area contributed by atoms with Crippen molar-refractivity contribution in [3.63, 3.8) is 0 Å². The highest BCUT2D eigenvalue weighted by molar-refractivity contribution is 5.65. The van der Waals surface area contributed by atoms with Crippen LogP contribution in [-0.2, 0) is 0 Å². The summed E-state index contributed by atoms with van der Waals surface area (Å²) in [6, 6.07) is 2.49. The van der Waals surface area contributed by atoms with Crippen molar-refractivity contribution in [2.75, 3.05) is 25.9 Å². The molecule has 8 nitrogen and oxygen atoms in total. The van der Waals surface area contributed by atoms with E-state index in [9.17, 15) is 0 Å². The molecule has 2 aromatic heterocycles. The van der Waals surface area contributed by atoms with Crippen LogP contribution in [0.25, 0.3) is 11.3 Å². The summed E-state index contributed by atoms with van der Waals surface area (Å²) < 4.78 is 1.97. The van der Waals surface area contributed by atoms with Gasteiger partial charge in [0.2, 0.25) is 5.95 Å². The normalized spacial score (nSPS) is 18.9. The van der Waals surface area contributed by atoms with Gasteiger partial charge >= 0.3 is 0 Å². The van der Waals surface area contributed by atoms with Crippen LogP contribution in [0.15, 0.2) is 18.6 Å². The summed E-state index contributed by atoms with van der Waals surface area (Å²) in [6.07, 6.45) is 13.2. The third-order valence-corrected chi connectivity index (χ3v) is 5.44. The average Bonchev–Trinajstić information content (AvgIpc) is 3.20. The fourth-order valence-corrected chi connectivity index (χ4v) is 3.70. The molecule has 2 aromatic rings. The van der Waals surface area contributed by atoms with E-state index in [1.165, 1.54) is 25.5 Å². The number of nitrogens with zero attached hydrogens (tertiary/aromatic N) is 6. The largest absolute Gasteiger partial charge is 0.393 e. The van der Waals surface area contributed by atoms with Gasteiger partial charge in [-0.15, -0.1) is 0 Å². The van der Waals surface area contributed by atoms with Crippen LogP contribution in [0.1, 0.15) is 56.6 Å². The molecule has 2 aliphatic rings. The number of hydrogen-bond acceptors (Lipinski definition) is 7. The molecule has 4 rings (SSSR count). The second-order valence-electron chi connectivity index (χ2n) is 7.64. The highest BCUT2D eigenvalue weighted by Crippen LogP contribution is 2.25. The second kappa shape index (κ2) is 9.62. The van der Waals surface area contributed by atoms with Gasteiger partial charge in [0.1, 0.15) is 6.07 Å². The van der Waals surface area contributed by atoms with Crippen LogP contribution >= 0.6 is 0 Å². The third kappa shape index (κ3) is 5.27. The van der Waals surface area contributed by atoms with Gasteiger partial charge in [-0.3, -0.25) is 4.68 Å². The van der Waals surface area contributed by atoms with Gasteiger partial charge < -0.3 is 15.7 Å². The first-order chi connectivity index (χ1) is 13.6. The molecule has 1 saturated carbocycles. The molecule has 0 amide bonds. The van der Waals surface area contributed by atoms with Crippen LogP contribution in [0.4, 0.5) is 5.95 Å². The Morgan fingerprint density at radius 2 is 1.86 bits per heavy atom. The Labute approximate surface area is 166 Å². The first-order valence-corrected chi connectivity index (χ1v) is 10.0. The number of nitriles is 1. The number of anilines is 1. The number of likely N-dealkylation sites (tertiary alicyclic amines) is 1. The molecule has 150 valence electrons. The highest BCUT2D eigenvalue weighted by atomic mass is 16.3. The monoisotopic (exact) mass is 383 g/mol. The predicted molar refractivity (Wildman–Crippen MR) is 107 cm³/mol. The molecule has 3 N–H and O–H groups in total. The number of piperidine rings is 1. The van der Waals surface area contributed by atoms with Crippen LogP contribution < -0.4 is 5.73 Å². The van der Waals surface area contributed by atoms with Gasteiger partial charge in [0, 0.05) is 11.8 Å². The van der Waals surface area contributed by atoms with Crippen LogP contribution in [0.2, 0.25) is 0 Å². The zero-order chi connectivity index (χ0) is 19.9. The van der Waals surface area contributed by atoms with Crippen LogP contribution in [0, 0.1) is 11.3 Å². The smallest absolute Gasteiger partial charge is 0.220 e. The van der Waals surface area contributed by atoms with E-state index < -0.39 is 0 Å². The number of rotatable bonds is 2. The van der Waals surface area contributed by atoms with Gasteiger partial charge in [0.25, 0.3) is 0 Å². The molecule has 0 atom stereocenters. The lowest BCUT2D eigenvalue weighted by Crippen LogP contribution is -2.31. The molecule has 8 heteroatoms. The van der Waals surface area contributed by atoms with Crippen LogP contribution in [0.3, 0.4) is 0 Å². The lowest BCUT2D eigenvalue weighted by molar-refractivity contribution is 0.130. The van der Waals surface area contributed by atoms with Gasteiger partial charge in [0.05, 0.1) is 35.8 Å². The van der Waals surface area contributed by atoms with Gasteiger partial charge in [0.15, 0.2) is 0 Å². The van der Waals surface area contributed by atoms with Crippen molar-refractivity contribution < 1.29 is 5.11 Å². The molecular weight excluding hydrogens is 354 g/mol. The standard InChI is InChI=1S/C14H17N7.C6H12O/c1-20-4-2-12(3-5-20)21-9-11(8-18-21)13-10(6-15)7-17-14(16)19-13;7-6-4-2-1-3-5-6/h7-9,12H,2-5H2,1H3,(H2,16,17,19);6-7H,1-5H2. The molecule has 0 bridgehead atoms. The number of aromatic nitrogens is 4. The predicted octanol–water partition coefficient (Wildman–Crippen LogP) is 2.37. The molecule has 3 heterocycles. The van der Waals surface area contributed by atoms with E-state index in [0.29, 0.717) is 17.3 Å². The van der Waals surface area contributed by atoms with Gasteiger partial charge in [-0.25, -0.2) is 9.97 Å². The minimum Gasteiger partial charge on any atom is -0.393 e. The fourth-order valence-electron chi connectivity index (χ4n) is 3.70. The number of nitrogen functional groups attached to an aromatic ring is 1. The fraction of sp³-hybridized carbons (Fsp3) is 0.600. The van der Waals surface area contributed by atoms with Crippen molar-refractivity contribution in [1.82, 2.24) is 24.6 Å². The van der Waals surface area contributed by atoms with E-state index in [2.05, 4.69) is 33.1 Å². The van der Waals surface area contributed by atoms with Crippen molar-refractivity contribution in [3.8, 4) is 17.3 Å². The van der Waals surface area contributed by atoms with Gasteiger partial charge in [-0.05, 0) is 45.8 Å². The molecule has 0 spiro atoms. The van der Waals surface area contributed by atoms with Crippen LogP contribution in [0.5, 0.6) is 0 Å². The highest BCUT2D eigenvalue weighted by Gasteiger charge is 2.20. The summed E-state index contributed by atoms with van der Waals surface area (Å²) in [5.41, 5.74) is 7.38. The zero-order valence-electron chi connectivity index (χ0n) is 16.5. The van der Waals surface area contributed by atoms with Gasteiger partial charge in [-0.1, -0.05) is 19.3 Å². The number of nitrogens with two attached hydrogens (primary N) is 1. The first-order valence-electron chi connectivity index (χ1n) is 10.0. The Morgan fingerprint density at radius 3 is 2.46 bits per heavy atom. The molecule has 2 fully saturated rings. The Hall–Kier alpha value is -2.50. The summed E-state index contributed by atoms with van der Waals surface area (Å²) >= 11 is 0. The zero-order valence-corrected chi connectivity index (χ0v) is 16.5. The van der Waals surface area contributed by atoms with E-state index in [4.69, 9.17) is 16.1 Å². The average molecular weight is 384 g/mol. The summed E-state index contributed by atoms with van der Waals surface area (Å²) in [5.74, 6) is 0.163. The number of aliphatic hydroxyl groups excluding tert-OH is 1. The molecule has 0 radical (unpaired) electrons. The van der Waals surface area contributed by atoms with E-state index in [-0.39, 0.29) is 12.1 Å². The topological polar surface area (TPSA) is 117 Å². The minimum absolute atomic E-state index is 0.0359. The molecular formula is C20H29N7O. The molecule has 1 aliphatic carbocycles. The molecule has 28 heavy (non-hydrogen) atoms. The minimum atomic E-state index is 0.0359. The Balaban J connectivity index is 0.000000271. The van der Waals surface area contributed by atoms with E-state index in [0.717, 1.165) is 44.3 Å². The second-order valence-corrected chi connectivity index (χ2v) is 7.64.